The summed E-state index contributed by atoms with van der Waals surface area (Å²) >= 11 is 0. The van der Waals surface area contributed by atoms with E-state index in [4.69, 9.17) is 5.11 Å². The molecule has 1 unspecified atom stereocenters. The number of nitrogens with one attached hydrogen (secondary N) is 1. The van der Waals surface area contributed by atoms with Crippen LogP contribution in [0.1, 0.15) is 26.7 Å². The molecule has 0 bridgehead atoms. The van der Waals surface area contributed by atoms with Gasteiger partial charge in [0, 0.05) is 12.0 Å². The highest BCUT2D eigenvalue weighted by Crippen LogP contribution is 2.24. The van der Waals surface area contributed by atoms with Crippen LogP contribution in [0.5, 0.6) is 0 Å². The summed E-state index contributed by atoms with van der Waals surface area (Å²) in [5.74, 6) is -1.56. The van der Waals surface area contributed by atoms with Gasteiger partial charge in [0.1, 0.15) is 0 Å². The van der Waals surface area contributed by atoms with Crippen molar-refractivity contribution < 1.29 is 14.7 Å². The van der Waals surface area contributed by atoms with Crippen LogP contribution >= 0.6 is 0 Å². The molecule has 4 nitrogen and oxygen atoms in total. The molecule has 1 aliphatic rings. The number of hydrogen-bond donors (Lipinski definition) is 2. The average molecular weight is 171 g/mol. The van der Waals surface area contributed by atoms with Crippen LogP contribution in [-0.2, 0) is 9.59 Å². The highest BCUT2D eigenvalue weighted by atomic mass is 16.4. The first-order chi connectivity index (χ1) is 5.41. The molecule has 12 heavy (non-hydrogen) atoms. The minimum atomic E-state index is -0.877. The van der Waals surface area contributed by atoms with Gasteiger partial charge in [-0.1, -0.05) is 0 Å². The highest BCUT2D eigenvalue weighted by molar-refractivity contribution is 5.84. The third-order valence-electron chi connectivity index (χ3n) is 2.02. The van der Waals surface area contributed by atoms with Gasteiger partial charge in [0.25, 0.3) is 0 Å². The zero-order valence-corrected chi connectivity index (χ0v) is 7.26. The first kappa shape index (κ1) is 9.03. The number of carboxylic acid groups (broad SMARTS) is 1. The van der Waals surface area contributed by atoms with Crippen molar-refractivity contribution >= 4 is 11.9 Å². The Morgan fingerprint density at radius 1 is 1.67 bits per heavy atom. The zero-order valence-electron chi connectivity index (χ0n) is 7.26. The van der Waals surface area contributed by atoms with Crippen molar-refractivity contribution in [3.63, 3.8) is 0 Å². The Labute approximate surface area is 71.0 Å². The predicted octanol–water partition coefficient (Wildman–Crippen LogP) is 0.376. The van der Waals surface area contributed by atoms with E-state index in [-0.39, 0.29) is 17.9 Å². The van der Waals surface area contributed by atoms with E-state index in [9.17, 15) is 9.59 Å². The number of hydrogen-bond acceptors (Lipinski definition) is 2. The maximum Gasteiger partial charge on any atom is 0.307 e. The predicted molar refractivity (Wildman–Crippen MR) is 42.6 cm³/mol. The molecule has 1 atom stereocenters. The smallest absolute Gasteiger partial charge is 0.307 e. The van der Waals surface area contributed by atoms with E-state index in [0.29, 0.717) is 6.42 Å². The quantitative estimate of drug-likeness (QED) is 0.599. The summed E-state index contributed by atoms with van der Waals surface area (Å²) in [5, 5.41) is 11.4. The fourth-order valence-electron chi connectivity index (χ4n) is 1.57. The number of carbonyl (C=O) groups is 2. The van der Waals surface area contributed by atoms with Crippen LogP contribution in [0.3, 0.4) is 0 Å². The van der Waals surface area contributed by atoms with Gasteiger partial charge in [0.05, 0.1) is 5.92 Å². The van der Waals surface area contributed by atoms with E-state index in [1.165, 1.54) is 0 Å². The Hall–Kier alpha value is -1.06. The number of carboxylic acids is 1. The molecular weight excluding hydrogens is 158 g/mol. The summed E-state index contributed by atoms with van der Waals surface area (Å²) in [6, 6.07) is 0. The van der Waals surface area contributed by atoms with Crippen molar-refractivity contribution in [2.75, 3.05) is 0 Å². The molecule has 0 spiro atoms. The molecule has 0 aromatic rings. The molecule has 1 fully saturated rings. The van der Waals surface area contributed by atoms with Crippen LogP contribution in [-0.4, -0.2) is 22.5 Å². The van der Waals surface area contributed by atoms with E-state index in [2.05, 4.69) is 5.32 Å². The summed E-state index contributed by atoms with van der Waals surface area (Å²) in [6.07, 6.45) is 0.618. The number of amides is 1. The van der Waals surface area contributed by atoms with Crippen LogP contribution < -0.4 is 5.32 Å². The van der Waals surface area contributed by atoms with Gasteiger partial charge in [-0.25, -0.2) is 0 Å². The molecule has 0 aromatic carbocycles. The summed E-state index contributed by atoms with van der Waals surface area (Å²) in [5.41, 5.74) is -0.377. The average Bonchev–Trinajstić information content (AvgIpc) is 1.82. The maximum atomic E-state index is 11.0. The fraction of sp³-hybridized carbons (Fsp3) is 0.750. The standard InChI is InChI=1S/C8H13NO3/c1-8(2)4-5(7(11)12)3-6(10)9-8/h5H,3-4H2,1-2H3,(H,9,10)(H,11,12). The normalized spacial score (nSPS) is 27.8. The van der Waals surface area contributed by atoms with E-state index in [1.54, 1.807) is 0 Å². The van der Waals surface area contributed by atoms with E-state index < -0.39 is 11.9 Å². The Morgan fingerprint density at radius 3 is 2.67 bits per heavy atom. The van der Waals surface area contributed by atoms with Gasteiger partial charge in [-0.2, -0.15) is 0 Å². The van der Waals surface area contributed by atoms with Crippen molar-refractivity contribution in [3.05, 3.63) is 0 Å². The van der Waals surface area contributed by atoms with Crippen molar-refractivity contribution in [1.29, 1.82) is 0 Å². The second-order valence-corrected chi connectivity index (χ2v) is 3.88. The van der Waals surface area contributed by atoms with Gasteiger partial charge in [0.2, 0.25) is 5.91 Å². The maximum absolute atomic E-state index is 11.0. The second-order valence-electron chi connectivity index (χ2n) is 3.88. The molecule has 1 aliphatic heterocycles. The zero-order chi connectivity index (χ0) is 9.35. The Bertz CT molecular complexity index is 222. The monoisotopic (exact) mass is 171 g/mol. The molecule has 1 saturated heterocycles. The van der Waals surface area contributed by atoms with Crippen LogP contribution in [0.15, 0.2) is 0 Å². The van der Waals surface area contributed by atoms with Gasteiger partial charge in [-0.3, -0.25) is 9.59 Å². The number of aliphatic carboxylic acids is 1. The molecule has 0 saturated carbocycles. The van der Waals surface area contributed by atoms with E-state index in [1.807, 2.05) is 13.8 Å². The molecule has 0 radical (unpaired) electrons. The number of rotatable bonds is 1. The molecule has 0 aliphatic carbocycles. The summed E-state index contributed by atoms with van der Waals surface area (Å²) < 4.78 is 0. The third kappa shape index (κ3) is 1.96. The third-order valence-corrected chi connectivity index (χ3v) is 2.02. The topological polar surface area (TPSA) is 66.4 Å². The molecule has 68 valence electrons. The van der Waals surface area contributed by atoms with Crippen molar-refractivity contribution in [2.45, 2.75) is 32.2 Å². The molecular formula is C8H13NO3. The Morgan fingerprint density at radius 2 is 2.25 bits per heavy atom. The van der Waals surface area contributed by atoms with Gasteiger partial charge in [-0.05, 0) is 20.3 Å². The van der Waals surface area contributed by atoms with Gasteiger partial charge in [-0.15, -0.1) is 0 Å². The minimum Gasteiger partial charge on any atom is -0.481 e. The van der Waals surface area contributed by atoms with Crippen molar-refractivity contribution in [3.8, 4) is 0 Å². The van der Waals surface area contributed by atoms with Gasteiger partial charge >= 0.3 is 5.97 Å². The Kier molecular flexibility index (Phi) is 2.08. The lowest BCUT2D eigenvalue weighted by Crippen LogP contribution is -2.51. The number of piperidine rings is 1. The van der Waals surface area contributed by atoms with Gasteiger partial charge in [0.15, 0.2) is 0 Å². The number of carbonyl (C=O) groups excluding carboxylic acids is 1. The van der Waals surface area contributed by atoms with Crippen LogP contribution in [0, 0.1) is 5.92 Å². The largest absolute Gasteiger partial charge is 0.481 e. The molecule has 1 rings (SSSR count). The van der Waals surface area contributed by atoms with E-state index in [0.717, 1.165) is 0 Å². The molecule has 4 heteroatoms. The lowest BCUT2D eigenvalue weighted by atomic mass is 9.84. The minimum absolute atomic E-state index is 0.110. The first-order valence-corrected chi connectivity index (χ1v) is 3.94. The van der Waals surface area contributed by atoms with Crippen molar-refractivity contribution in [2.24, 2.45) is 5.92 Å². The van der Waals surface area contributed by atoms with Crippen molar-refractivity contribution in [1.82, 2.24) is 5.32 Å². The second kappa shape index (κ2) is 2.77. The lowest BCUT2D eigenvalue weighted by molar-refractivity contribution is -0.147. The van der Waals surface area contributed by atoms with Crippen LogP contribution in [0.2, 0.25) is 0 Å². The van der Waals surface area contributed by atoms with Crippen LogP contribution in [0.25, 0.3) is 0 Å². The van der Waals surface area contributed by atoms with Gasteiger partial charge < -0.3 is 10.4 Å². The fourth-order valence-corrected chi connectivity index (χ4v) is 1.57. The Balaban J connectivity index is 2.70. The molecule has 0 aromatic heterocycles. The highest BCUT2D eigenvalue weighted by Gasteiger charge is 2.35. The summed E-state index contributed by atoms with van der Waals surface area (Å²) in [6.45, 7) is 3.67. The molecule has 2 N–H and O–H groups in total. The SMILES string of the molecule is CC1(C)CC(C(=O)O)CC(=O)N1. The molecule has 1 heterocycles. The first-order valence-electron chi connectivity index (χ1n) is 3.94. The van der Waals surface area contributed by atoms with E-state index >= 15 is 0 Å². The summed E-state index contributed by atoms with van der Waals surface area (Å²) in [4.78, 5) is 21.6. The lowest BCUT2D eigenvalue weighted by Gasteiger charge is -2.34. The summed E-state index contributed by atoms with van der Waals surface area (Å²) in [7, 11) is 0. The molecule has 1 amide bonds. The van der Waals surface area contributed by atoms with Crippen LogP contribution in [0.4, 0.5) is 0 Å².